The monoisotopic (exact) mass is 342 g/mol. The van der Waals surface area contributed by atoms with Crippen molar-refractivity contribution in [2.75, 3.05) is 52.5 Å². The Morgan fingerprint density at radius 2 is 1.29 bits per heavy atom. The lowest BCUT2D eigenvalue weighted by Gasteiger charge is -2.13. The average molecular weight is 342 g/mol. The van der Waals surface area contributed by atoms with Crippen LogP contribution in [0.1, 0.15) is 0 Å². The van der Waals surface area contributed by atoms with Crippen LogP contribution in [0, 0.1) is 0 Å². The topological polar surface area (TPSA) is 142 Å². The van der Waals surface area contributed by atoms with Crippen molar-refractivity contribution in [2.24, 2.45) is 10.2 Å². The van der Waals surface area contributed by atoms with E-state index in [1.807, 2.05) is 0 Å². The SMILES string of the molecule is O=C(N=NC(=O)OCCN1CCNC1=O)OCCN1CCNC1=O. The molecule has 6 amide bonds. The van der Waals surface area contributed by atoms with Crippen molar-refractivity contribution in [2.45, 2.75) is 0 Å². The largest absolute Gasteiger partial charge is 0.452 e. The fourth-order valence-electron chi connectivity index (χ4n) is 2.07. The lowest BCUT2D eigenvalue weighted by Crippen LogP contribution is -2.31. The first-order valence-corrected chi connectivity index (χ1v) is 7.37. The zero-order valence-corrected chi connectivity index (χ0v) is 12.9. The predicted octanol–water partition coefficient (Wildman–Crippen LogP) is -0.238. The molecule has 0 atom stereocenters. The van der Waals surface area contributed by atoms with Crippen molar-refractivity contribution in [3.05, 3.63) is 0 Å². The summed E-state index contributed by atoms with van der Waals surface area (Å²) in [6, 6.07) is -0.439. The quantitative estimate of drug-likeness (QED) is 0.638. The molecule has 0 bridgehead atoms. The van der Waals surface area contributed by atoms with Crippen molar-refractivity contribution in [3.63, 3.8) is 0 Å². The molecule has 2 saturated heterocycles. The van der Waals surface area contributed by atoms with Gasteiger partial charge in [-0.25, -0.2) is 19.2 Å². The number of ether oxygens (including phenoxy) is 2. The van der Waals surface area contributed by atoms with Gasteiger partial charge in [-0.1, -0.05) is 10.2 Å². The zero-order chi connectivity index (χ0) is 17.4. The van der Waals surface area contributed by atoms with E-state index in [2.05, 4.69) is 20.9 Å². The Kier molecular flexibility index (Phi) is 6.28. The Labute approximate surface area is 137 Å². The van der Waals surface area contributed by atoms with Gasteiger partial charge >= 0.3 is 24.2 Å². The molecule has 12 heteroatoms. The van der Waals surface area contributed by atoms with Crippen LogP contribution in [-0.2, 0) is 9.47 Å². The number of azo groups is 1. The number of hydrogen-bond donors (Lipinski definition) is 2. The summed E-state index contributed by atoms with van der Waals surface area (Å²) >= 11 is 0. The van der Waals surface area contributed by atoms with Gasteiger partial charge in [0.1, 0.15) is 13.2 Å². The fourth-order valence-corrected chi connectivity index (χ4v) is 2.07. The second-order valence-corrected chi connectivity index (χ2v) is 4.87. The molecular weight excluding hydrogens is 324 g/mol. The fraction of sp³-hybridized carbons (Fsp3) is 0.667. The summed E-state index contributed by atoms with van der Waals surface area (Å²) in [5.41, 5.74) is 0. The maximum atomic E-state index is 11.3. The summed E-state index contributed by atoms with van der Waals surface area (Å²) in [5.74, 6) is 0. The minimum absolute atomic E-state index is 0.0512. The van der Waals surface area contributed by atoms with E-state index in [4.69, 9.17) is 9.47 Å². The Morgan fingerprint density at radius 1 is 0.875 bits per heavy atom. The summed E-state index contributed by atoms with van der Waals surface area (Å²) < 4.78 is 9.43. The minimum Gasteiger partial charge on any atom is -0.445 e. The van der Waals surface area contributed by atoms with Gasteiger partial charge in [0, 0.05) is 26.2 Å². The van der Waals surface area contributed by atoms with Crippen molar-refractivity contribution >= 4 is 24.2 Å². The van der Waals surface area contributed by atoms with Gasteiger partial charge in [0.2, 0.25) is 0 Å². The first-order chi connectivity index (χ1) is 11.6. The van der Waals surface area contributed by atoms with E-state index in [1.54, 1.807) is 0 Å². The van der Waals surface area contributed by atoms with Gasteiger partial charge in [0.15, 0.2) is 0 Å². The molecule has 0 aromatic carbocycles. The number of nitrogens with one attached hydrogen (secondary N) is 2. The second-order valence-electron chi connectivity index (χ2n) is 4.87. The molecule has 132 valence electrons. The van der Waals surface area contributed by atoms with Crippen LogP contribution in [0.4, 0.5) is 19.2 Å². The Balaban J connectivity index is 1.55. The van der Waals surface area contributed by atoms with E-state index >= 15 is 0 Å². The minimum atomic E-state index is -1.05. The highest BCUT2D eigenvalue weighted by Gasteiger charge is 2.20. The van der Waals surface area contributed by atoms with Crippen molar-refractivity contribution in [3.8, 4) is 0 Å². The van der Waals surface area contributed by atoms with Crippen molar-refractivity contribution in [1.29, 1.82) is 0 Å². The van der Waals surface area contributed by atoms with Crippen LogP contribution in [0.3, 0.4) is 0 Å². The highest BCUT2D eigenvalue weighted by molar-refractivity contribution is 5.76. The Morgan fingerprint density at radius 3 is 1.62 bits per heavy atom. The third-order valence-corrected chi connectivity index (χ3v) is 3.28. The molecule has 0 unspecified atom stereocenters. The van der Waals surface area contributed by atoms with Crippen molar-refractivity contribution in [1.82, 2.24) is 20.4 Å². The van der Waals surface area contributed by atoms with E-state index in [9.17, 15) is 19.2 Å². The molecule has 0 spiro atoms. The lowest BCUT2D eigenvalue weighted by molar-refractivity contribution is 0.134. The zero-order valence-electron chi connectivity index (χ0n) is 12.9. The molecule has 2 rings (SSSR count). The maximum absolute atomic E-state index is 11.3. The molecule has 2 fully saturated rings. The van der Waals surface area contributed by atoms with Crippen molar-refractivity contribution < 1.29 is 28.7 Å². The van der Waals surface area contributed by atoms with E-state index in [-0.39, 0.29) is 38.4 Å². The number of amides is 6. The summed E-state index contributed by atoms with van der Waals surface area (Å²) in [5, 5.41) is 11.3. The van der Waals surface area contributed by atoms with Gasteiger partial charge in [0.25, 0.3) is 0 Å². The summed E-state index contributed by atoms with van der Waals surface area (Å²) in [6.45, 7) is 2.55. The molecule has 0 saturated carbocycles. The van der Waals surface area contributed by atoms with Gasteiger partial charge in [-0.05, 0) is 0 Å². The molecule has 0 aromatic rings. The van der Waals surface area contributed by atoms with Gasteiger partial charge in [-0.2, -0.15) is 0 Å². The highest BCUT2D eigenvalue weighted by atomic mass is 16.6. The average Bonchev–Trinajstić information content (AvgIpc) is 3.14. The second kappa shape index (κ2) is 8.64. The third kappa shape index (κ3) is 5.37. The molecule has 0 aromatic heterocycles. The number of carbonyl (C=O) groups excluding carboxylic acids is 4. The molecule has 2 aliphatic rings. The molecule has 2 heterocycles. The van der Waals surface area contributed by atoms with Gasteiger partial charge in [-0.3, -0.25) is 0 Å². The third-order valence-electron chi connectivity index (χ3n) is 3.28. The van der Waals surface area contributed by atoms with Crippen LogP contribution in [-0.4, -0.2) is 86.5 Å². The lowest BCUT2D eigenvalue weighted by atomic mass is 10.5. The first kappa shape index (κ1) is 17.4. The van der Waals surface area contributed by atoms with E-state index in [0.29, 0.717) is 26.2 Å². The smallest absolute Gasteiger partial charge is 0.445 e. The Bertz CT molecular complexity index is 492. The summed E-state index contributed by atoms with van der Waals surface area (Å²) in [6.07, 6.45) is -2.10. The van der Waals surface area contributed by atoms with Gasteiger partial charge < -0.3 is 29.9 Å². The number of urea groups is 2. The number of rotatable bonds is 6. The molecule has 0 aliphatic carbocycles. The maximum Gasteiger partial charge on any atom is 0.452 e. The number of carbonyl (C=O) groups is 4. The van der Waals surface area contributed by atoms with Crippen LogP contribution in [0.5, 0.6) is 0 Å². The highest BCUT2D eigenvalue weighted by Crippen LogP contribution is 1.98. The van der Waals surface area contributed by atoms with E-state index in [0.717, 1.165) is 0 Å². The van der Waals surface area contributed by atoms with E-state index < -0.39 is 12.2 Å². The molecule has 2 aliphatic heterocycles. The van der Waals surface area contributed by atoms with Crippen LogP contribution in [0.15, 0.2) is 10.2 Å². The summed E-state index contributed by atoms with van der Waals surface area (Å²) in [4.78, 5) is 47.9. The number of hydrogen-bond acceptors (Lipinski definition) is 6. The first-order valence-electron chi connectivity index (χ1n) is 7.37. The standard InChI is InChI=1S/C12H18N6O6/c19-9-13-1-3-17(9)5-7-23-11(21)15-16-12(22)24-8-6-18-4-2-14-10(18)20/h1-8H2,(H,13,19)(H,14,20). The van der Waals surface area contributed by atoms with Crippen LogP contribution >= 0.6 is 0 Å². The van der Waals surface area contributed by atoms with Crippen LogP contribution in [0.2, 0.25) is 0 Å². The molecular formula is C12H18N6O6. The van der Waals surface area contributed by atoms with Gasteiger partial charge in [-0.15, -0.1) is 0 Å². The molecule has 24 heavy (non-hydrogen) atoms. The molecule has 0 radical (unpaired) electrons. The van der Waals surface area contributed by atoms with Crippen LogP contribution < -0.4 is 10.6 Å². The Hall–Kier alpha value is -2.92. The normalized spacial score (nSPS) is 17.2. The van der Waals surface area contributed by atoms with Gasteiger partial charge in [0.05, 0.1) is 13.1 Å². The molecule has 2 N–H and O–H groups in total. The molecule has 12 nitrogen and oxygen atoms in total. The number of nitrogens with zero attached hydrogens (tertiary/aromatic N) is 4. The van der Waals surface area contributed by atoms with E-state index in [1.165, 1.54) is 9.80 Å². The summed E-state index contributed by atoms with van der Waals surface area (Å²) in [7, 11) is 0. The predicted molar refractivity (Wildman–Crippen MR) is 77.5 cm³/mol. The van der Waals surface area contributed by atoms with Crippen LogP contribution in [0.25, 0.3) is 0 Å².